The molecule has 0 aliphatic carbocycles. The van der Waals surface area contributed by atoms with Crippen LogP contribution in [0.5, 0.6) is 0 Å². The third-order valence-electron chi connectivity index (χ3n) is 1.23. The van der Waals surface area contributed by atoms with Crippen LogP contribution in [0.15, 0.2) is 24.3 Å². The number of benzene rings is 1. The molecule has 1 aromatic carbocycles. The molecule has 4 nitrogen and oxygen atoms in total. The first kappa shape index (κ1) is 8.99. The lowest BCUT2D eigenvalue weighted by Gasteiger charge is -1.99. The highest BCUT2D eigenvalue weighted by Crippen LogP contribution is 2.09. The predicted octanol–water partition coefficient (Wildman–Crippen LogP) is 0.875. The van der Waals surface area contributed by atoms with Crippen molar-refractivity contribution in [2.45, 2.75) is 0 Å². The Hall–Kier alpha value is -1.10. The van der Waals surface area contributed by atoms with Crippen LogP contribution in [0, 0.1) is 0 Å². The number of nitrogens with two attached hydrogens (primary N) is 1. The second kappa shape index (κ2) is 4.06. The molecule has 0 aromatic heterocycles. The largest absolute Gasteiger partial charge is 0.357 e. The Morgan fingerprint density at radius 2 is 2.00 bits per heavy atom. The average molecular weight is 187 g/mol. The maximum Gasteiger partial charge on any atom is 0.357 e. The van der Waals surface area contributed by atoms with Gasteiger partial charge in [0.1, 0.15) is 0 Å². The molecule has 0 spiro atoms. The quantitative estimate of drug-likeness (QED) is 0.532. The summed E-state index contributed by atoms with van der Waals surface area (Å²) in [7, 11) is 0. The molecule has 0 amide bonds. The summed E-state index contributed by atoms with van der Waals surface area (Å²) >= 11 is 5.60. The molecule has 1 aromatic rings. The SMILES string of the molecule is NNOC(=O)c1ccc(Cl)cc1. The van der Waals surface area contributed by atoms with E-state index in [0.717, 1.165) is 0 Å². The van der Waals surface area contributed by atoms with Crippen molar-refractivity contribution in [1.82, 2.24) is 5.59 Å². The second-order valence-electron chi connectivity index (χ2n) is 2.01. The number of hydrogen-bond donors (Lipinski definition) is 2. The predicted molar refractivity (Wildman–Crippen MR) is 44.2 cm³/mol. The lowest BCUT2D eigenvalue weighted by molar-refractivity contribution is 0.0254. The Morgan fingerprint density at radius 3 is 2.50 bits per heavy atom. The molecule has 3 N–H and O–H groups in total. The van der Waals surface area contributed by atoms with Crippen molar-refractivity contribution >= 4 is 17.6 Å². The van der Waals surface area contributed by atoms with Gasteiger partial charge in [-0.3, -0.25) is 0 Å². The molecule has 0 heterocycles. The van der Waals surface area contributed by atoms with Gasteiger partial charge < -0.3 is 4.84 Å². The van der Waals surface area contributed by atoms with Crippen LogP contribution in [0.4, 0.5) is 0 Å². The van der Waals surface area contributed by atoms with Gasteiger partial charge in [0.2, 0.25) is 0 Å². The monoisotopic (exact) mass is 186 g/mol. The summed E-state index contributed by atoms with van der Waals surface area (Å²) in [6.07, 6.45) is 0. The summed E-state index contributed by atoms with van der Waals surface area (Å²) in [4.78, 5) is 15.3. The normalized spacial score (nSPS) is 9.50. The van der Waals surface area contributed by atoms with Crippen molar-refractivity contribution in [3.8, 4) is 0 Å². The zero-order chi connectivity index (χ0) is 8.97. The Balaban J connectivity index is 2.75. The number of hydrogen-bond acceptors (Lipinski definition) is 4. The molecule has 0 bridgehead atoms. The summed E-state index contributed by atoms with van der Waals surface area (Å²) in [6, 6.07) is 6.27. The fraction of sp³-hybridized carbons (Fsp3) is 0. The van der Waals surface area contributed by atoms with Gasteiger partial charge >= 0.3 is 5.97 Å². The molecule has 0 fully saturated rings. The molecule has 5 heteroatoms. The van der Waals surface area contributed by atoms with Crippen LogP contribution >= 0.6 is 11.6 Å². The van der Waals surface area contributed by atoms with Gasteiger partial charge in [-0.25, -0.2) is 10.6 Å². The molecule has 0 aliphatic heterocycles. The van der Waals surface area contributed by atoms with Gasteiger partial charge in [-0.15, -0.1) is 0 Å². The molecule has 12 heavy (non-hydrogen) atoms. The summed E-state index contributed by atoms with van der Waals surface area (Å²) in [5.41, 5.74) is 2.18. The van der Waals surface area contributed by atoms with Crippen molar-refractivity contribution in [2.75, 3.05) is 0 Å². The highest BCUT2D eigenvalue weighted by Gasteiger charge is 2.04. The van der Waals surface area contributed by atoms with Gasteiger partial charge in [-0.1, -0.05) is 17.2 Å². The van der Waals surface area contributed by atoms with Crippen molar-refractivity contribution < 1.29 is 9.63 Å². The average Bonchev–Trinajstić information content (AvgIpc) is 2.06. The number of halogens is 1. The van der Waals surface area contributed by atoms with E-state index in [-0.39, 0.29) is 0 Å². The Kier molecular flexibility index (Phi) is 3.04. The molecule has 0 saturated heterocycles. The van der Waals surface area contributed by atoms with Gasteiger partial charge in [0.15, 0.2) is 0 Å². The summed E-state index contributed by atoms with van der Waals surface area (Å²) in [5.74, 6) is 4.23. The van der Waals surface area contributed by atoms with Crippen molar-refractivity contribution in [2.24, 2.45) is 5.84 Å². The molecular formula is C7H7ClN2O2. The van der Waals surface area contributed by atoms with E-state index in [2.05, 4.69) is 4.84 Å². The smallest absolute Gasteiger partial charge is 0.351 e. The zero-order valence-electron chi connectivity index (χ0n) is 6.08. The standard InChI is InChI=1S/C7H7ClN2O2/c8-6-3-1-5(2-4-6)7(11)12-10-9/h1-4,10H,9H2. The Bertz CT molecular complexity index is 273. The van der Waals surface area contributed by atoms with Crippen molar-refractivity contribution in [1.29, 1.82) is 0 Å². The molecular weight excluding hydrogens is 180 g/mol. The number of rotatable bonds is 2. The highest BCUT2D eigenvalue weighted by atomic mass is 35.5. The second-order valence-corrected chi connectivity index (χ2v) is 2.45. The van der Waals surface area contributed by atoms with Crippen LogP contribution in [-0.2, 0) is 4.84 Å². The topological polar surface area (TPSA) is 64.3 Å². The van der Waals surface area contributed by atoms with Crippen LogP contribution in [0.3, 0.4) is 0 Å². The van der Waals surface area contributed by atoms with E-state index in [4.69, 9.17) is 17.4 Å². The molecule has 0 radical (unpaired) electrons. The maximum absolute atomic E-state index is 10.9. The summed E-state index contributed by atoms with van der Waals surface area (Å²) in [5, 5.41) is 0.562. The number of carbonyl (C=O) groups excluding carboxylic acids is 1. The Labute approximate surface area is 74.2 Å². The van der Waals surface area contributed by atoms with Gasteiger partial charge in [-0.05, 0) is 24.3 Å². The van der Waals surface area contributed by atoms with E-state index in [1.807, 2.05) is 0 Å². The van der Waals surface area contributed by atoms with E-state index in [0.29, 0.717) is 10.6 Å². The fourth-order valence-corrected chi connectivity index (χ4v) is 0.824. The lowest BCUT2D eigenvalue weighted by atomic mass is 10.2. The highest BCUT2D eigenvalue weighted by molar-refractivity contribution is 6.30. The first-order valence-electron chi connectivity index (χ1n) is 3.16. The summed E-state index contributed by atoms with van der Waals surface area (Å²) < 4.78 is 0. The van der Waals surface area contributed by atoms with Crippen molar-refractivity contribution in [3.05, 3.63) is 34.9 Å². The van der Waals surface area contributed by atoms with E-state index < -0.39 is 5.97 Å². The number of nitrogens with one attached hydrogen (secondary N) is 1. The third kappa shape index (κ3) is 2.20. The van der Waals surface area contributed by atoms with E-state index in [1.54, 1.807) is 29.9 Å². The lowest BCUT2D eigenvalue weighted by Crippen LogP contribution is -2.26. The molecule has 0 saturated carbocycles. The molecule has 1 rings (SSSR count). The minimum Gasteiger partial charge on any atom is -0.351 e. The molecule has 0 atom stereocenters. The van der Waals surface area contributed by atoms with Crippen LogP contribution in [0.25, 0.3) is 0 Å². The van der Waals surface area contributed by atoms with Crippen LogP contribution in [-0.4, -0.2) is 5.97 Å². The van der Waals surface area contributed by atoms with E-state index in [9.17, 15) is 4.79 Å². The maximum atomic E-state index is 10.9. The zero-order valence-corrected chi connectivity index (χ0v) is 6.84. The first-order valence-corrected chi connectivity index (χ1v) is 3.54. The van der Waals surface area contributed by atoms with Gasteiger partial charge in [0, 0.05) is 5.02 Å². The fourth-order valence-electron chi connectivity index (χ4n) is 0.698. The Morgan fingerprint density at radius 1 is 1.42 bits per heavy atom. The van der Waals surface area contributed by atoms with E-state index >= 15 is 0 Å². The van der Waals surface area contributed by atoms with Gasteiger partial charge in [0.25, 0.3) is 0 Å². The van der Waals surface area contributed by atoms with Crippen LogP contribution < -0.4 is 11.4 Å². The van der Waals surface area contributed by atoms with Gasteiger partial charge in [-0.2, -0.15) is 0 Å². The third-order valence-corrected chi connectivity index (χ3v) is 1.48. The van der Waals surface area contributed by atoms with Crippen LogP contribution in [0.2, 0.25) is 5.02 Å². The first-order chi connectivity index (χ1) is 5.74. The van der Waals surface area contributed by atoms with Gasteiger partial charge in [0.05, 0.1) is 5.56 Å². The minimum absolute atomic E-state index is 0.386. The van der Waals surface area contributed by atoms with Crippen molar-refractivity contribution in [3.63, 3.8) is 0 Å². The minimum atomic E-state index is -0.547. The molecule has 0 aliphatic rings. The molecule has 0 unspecified atom stereocenters. The van der Waals surface area contributed by atoms with E-state index in [1.165, 1.54) is 0 Å². The molecule has 64 valence electrons. The van der Waals surface area contributed by atoms with Crippen LogP contribution in [0.1, 0.15) is 10.4 Å². The number of hydrazine groups is 1. The summed E-state index contributed by atoms with van der Waals surface area (Å²) in [6.45, 7) is 0. The number of carbonyl (C=O) groups is 1.